The lowest BCUT2D eigenvalue weighted by molar-refractivity contribution is -0.137. The number of benzene rings is 1. The maximum atomic E-state index is 12.7. The van der Waals surface area contributed by atoms with Crippen molar-refractivity contribution in [3.8, 4) is 11.3 Å². The monoisotopic (exact) mass is 340 g/mol. The SMILES string of the molecule is FC(F)(F)c1ccc2c(Br)c(-c3ccccc3)nn2c1. The molecule has 3 rings (SSSR count). The molecule has 2 heterocycles. The molecule has 0 fully saturated rings. The molecule has 3 aromatic rings. The fraction of sp³-hybridized carbons (Fsp3) is 0.0714. The zero-order valence-electron chi connectivity index (χ0n) is 10.0. The van der Waals surface area contributed by atoms with Gasteiger partial charge in [-0.2, -0.15) is 18.3 Å². The first-order valence-electron chi connectivity index (χ1n) is 5.77. The second-order valence-corrected chi connectivity index (χ2v) is 5.07. The van der Waals surface area contributed by atoms with Gasteiger partial charge in [0.05, 0.1) is 15.6 Å². The molecule has 1 aromatic carbocycles. The van der Waals surface area contributed by atoms with E-state index in [1.165, 1.54) is 10.6 Å². The van der Waals surface area contributed by atoms with E-state index < -0.39 is 11.7 Å². The molecule has 0 aliphatic rings. The predicted molar refractivity (Wildman–Crippen MR) is 73.3 cm³/mol. The van der Waals surface area contributed by atoms with E-state index in [1.54, 1.807) is 0 Å². The van der Waals surface area contributed by atoms with Crippen LogP contribution in [0.4, 0.5) is 13.2 Å². The van der Waals surface area contributed by atoms with E-state index in [9.17, 15) is 13.2 Å². The van der Waals surface area contributed by atoms with E-state index in [4.69, 9.17) is 0 Å². The van der Waals surface area contributed by atoms with Gasteiger partial charge in [-0.25, -0.2) is 4.52 Å². The van der Waals surface area contributed by atoms with Crippen molar-refractivity contribution in [3.05, 3.63) is 58.7 Å². The van der Waals surface area contributed by atoms with Gasteiger partial charge in [-0.05, 0) is 28.1 Å². The average Bonchev–Trinajstić information content (AvgIpc) is 2.76. The second-order valence-electron chi connectivity index (χ2n) is 4.27. The summed E-state index contributed by atoms with van der Waals surface area (Å²) < 4.78 is 40.0. The van der Waals surface area contributed by atoms with Crippen molar-refractivity contribution in [1.82, 2.24) is 9.61 Å². The smallest absolute Gasteiger partial charge is 0.239 e. The first-order valence-corrected chi connectivity index (χ1v) is 6.56. The molecule has 0 spiro atoms. The van der Waals surface area contributed by atoms with Gasteiger partial charge in [-0.15, -0.1) is 0 Å². The minimum atomic E-state index is -4.38. The molecule has 20 heavy (non-hydrogen) atoms. The molecule has 0 radical (unpaired) electrons. The van der Waals surface area contributed by atoms with Crippen molar-refractivity contribution >= 4 is 21.4 Å². The molecule has 0 N–H and O–H groups in total. The van der Waals surface area contributed by atoms with Gasteiger partial charge < -0.3 is 0 Å². The molecule has 0 saturated carbocycles. The van der Waals surface area contributed by atoms with Crippen molar-refractivity contribution in [2.45, 2.75) is 6.18 Å². The molecule has 0 aliphatic carbocycles. The fourth-order valence-corrected chi connectivity index (χ4v) is 2.59. The summed E-state index contributed by atoms with van der Waals surface area (Å²) in [6.07, 6.45) is -3.38. The van der Waals surface area contributed by atoms with Gasteiger partial charge in [0.1, 0.15) is 5.69 Å². The van der Waals surface area contributed by atoms with Crippen LogP contribution in [0.2, 0.25) is 0 Å². The van der Waals surface area contributed by atoms with Crippen LogP contribution in [0.3, 0.4) is 0 Å². The summed E-state index contributed by atoms with van der Waals surface area (Å²) >= 11 is 3.40. The summed E-state index contributed by atoms with van der Waals surface area (Å²) in [7, 11) is 0. The lowest BCUT2D eigenvalue weighted by Gasteiger charge is -2.05. The van der Waals surface area contributed by atoms with Gasteiger partial charge in [0.25, 0.3) is 0 Å². The van der Waals surface area contributed by atoms with Gasteiger partial charge in [-0.1, -0.05) is 30.3 Å². The molecule has 0 amide bonds. The molecule has 102 valence electrons. The molecular weight excluding hydrogens is 333 g/mol. The van der Waals surface area contributed by atoms with Crippen LogP contribution in [0.15, 0.2) is 53.1 Å². The van der Waals surface area contributed by atoms with Crippen LogP contribution < -0.4 is 0 Å². The van der Waals surface area contributed by atoms with Crippen LogP contribution in [0.1, 0.15) is 5.56 Å². The fourth-order valence-electron chi connectivity index (χ4n) is 1.97. The van der Waals surface area contributed by atoms with Crippen LogP contribution in [0.25, 0.3) is 16.8 Å². The number of hydrogen-bond acceptors (Lipinski definition) is 1. The third-order valence-corrected chi connectivity index (χ3v) is 3.73. The van der Waals surface area contributed by atoms with Gasteiger partial charge in [0.2, 0.25) is 0 Å². The highest BCUT2D eigenvalue weighted by Crippen LogP contribution is 2.34. The Kier molecular flexibility index (Phi) is 3.05. The molecule has 2 nitrogen and oxygen atoms in total. The first-order chi connectivity index (χ1) is 9.47. The van der Waals surface area contributed by atoms with E-state index >= 15 is 0 Å². The van der Waals surface area contributed by atoms with Crippen molar-refractivity contribution in [2.75, 3.05) is 0 Å². The molecule has 0 unspecified atom stereocenters. The second kappa shape index (κ2) is 4.63. The van der Waals surface area contributed by atoms with Gasteiger partial charge in [-0.3, -0.25) is 0 Å². The quantitative estimate of drug-likeness (QED) is 0.623. The summed E-state index contributed by atoms with van der Waals surface area (Å²) in [5, 5.41) is 4.23. The van der Waals surface area contributed by atoms with Crippen molar-refractivity contribution in [2.24, 2.45) is 0 Å². The number of hydrogen-bond donors (Lipinski definition) is 0. The van der Waals surface area contributed by atoms with E-state index in [-0.39, 0.29) is 0 Å². The number of fused-ring (bicyclic) bond motifs is 1. The van der Waals surface area contributed by atoms with Gasteiger partial charge in [0, 0.05) is 11.8 Å². The number of alkyl halides is 3. The first kappa shape index (κ1) is 13.2. The molecule has 0 aliphatic heterocycles. The molecule has 6 heteroatoms. The van der Waals surface area contributed by atoms with Crippen molar-refractivity contribution in [3.63, 3.8) is 0 Å². The maximum absolute atomic E-state index is 12.7. The molecular formula is C14H8BrF3N2. The third-order valence-electron chi connectivity index (χ3n) is 2.94. The van der Waals surface area contributed by atoms with Crippen molar-refractivity contribution in [1.29, 1.82) is 0 Å². The highest BCUT2D eigenvalue weighted by molar-refractivity contribution is 9.10. The van der Waals surface area contributed by atoms with Crippen LogP contribution >= 0.6 is 15.9 Å². The highest BCUT2D eigenvalue weighted by Gasteiger charge is 2.31. The molecule has 0 bridgehead atoms. The van der Waals surface area contributed by atoms with Crippen LogP contribution in [0.5, 0.6) is 0 Å². The zero-order valence-corrected chi connectivity index (χ0v) is 11.6. The van der Waals surface area contributed by atoms with Crippen LogP contribution in [-0.2, 0) is 6.18 Å². The Morgan fingerprint density at radius 2 is 1.70 bits per heavy atom. The normalized spacial score (nSPS) is 12.0. The van der Waals surface area contributed by atoms with Crippen LogP contribution in [-0.4, -0.2) is 9.61 Å². The van der Waals surface area contributed by atoms with E-state index in [0.717, 1.165) is 17.8 Å². The van der Waals surface area contributed by atoms with Gasteiger partial charge in [0.15, 0.2) is 0 Å². The summed E-state index contributed by atoms with van der Waals surface area (Å²) in [5.74, 6) is 0. The predicted octanol–water partition coefficient (Wildman–Crippen LogP) is 4.78. The maximum Gasteiger partial charge on any atom is 0.417 e. The van der Waals surface area contributed by atoms with Crippen LogP contribution in [0, 0.1) is 0 Å². The Morgan fingerprint density at radius 1 is 1.00 bits per heavy atom. The van der Waals surface area contributed by atoms with E-state index in [0.29, 0.717) is 15.7 Å². The standard InChI is InChI=1S/C14H8BrF3N2/c15-12-11-7-6-10(14(16,17)18)8-20(11)19-13(12)9-4-2-1-3-5-9/h1-8H. The topological polar surface area (TPSA) is 17.3 Å². The summed E-state index contributed by atoms with van der Waals surface area (Å²) in [5.41, 5.74) is 1.33. The summed E-state index contributed by atoms with van der Waals surface area (Å²) in [6.45, 7) is 0. The number of rotatable bonds is 1. The highest BCUT2D eigenvalue weighted by atomic mass is 79.9. The number of halogens is 4. The molecule has 0 atom stereocenters. The van der Waals surface area contributed by atoms with E-state index in [2.05, 4.69) is 21.0 Å². The molecule has 2 aromatic heterocycles. The third kappa shape index (κ3) is 2.20. The minimum Gasteiger partial charge on any atom is -0.239 e. The Morgan fingerprint density at radius 3 is 2.35 bits per heavy atom. The zero-order chi connectivity index (χ0) is 14.3. The largest absolute Gasteiger partial charge is 0.417 e. The Labute approximate surface area is 121 Å². The number of nitrogens with zero attached hydrogens (tertiary/aromatic N) is 2. The van der Waals surface area contributed by atoms with Gasteiger partial charge >= 0.3 is 6.18 Å². The Balaban J connectivity index is 2.20. The lowest BCUT2D eigenvalue weighted by Crippen LogP contribution is -2.06. The number of pyridine rings is 1. The van der Waals surface area contributed by atoms with E-state index in [1.807, 2.05) is 30.3 Å². The number of aromatic nitrogens is 2. The van der Waals surface area contributed by atoms with Crippen molar-refractivity contribution < 1.29 is 13.2 Å². The lowest BCUT2D eigenvalue weighted by atomic mass is 10.1. The summed E-state index contributed by atoms with van der Waals surface area (Å²) in [4.78, 5) is 0. The average molecular weight is 341 g/mol. The summed E-state index contributed by atoms with van der Waals surface area (Å²) in [6, 6.07) is 11.8. The Hall–Kier alpha value is -1.82. The Bertz CT molecular complexity index is 763. The minimum absolute atomic E-state index is 0.594. The molecule has 0 saturated heterocycles.